The molecule has 2 aromatic rings. The van der Waals surface area contributed by atoms with E-state index in [1.165, 1.54) is 6.07 Å². The summed E-state index contributed by atoms with van der Waals surface area (Å²) in [6.45, 7) is 0. The Morgan fingerprint density at radius 2 is 2.05 bits per heavy atom. The number of halogens is 1. The third kappa shape index (κ3) is 2.89. The molecule has 6 heteroatoms. The lowest BCUT2D eigenvalue weighted by Crippen LogP contribution is -2.18. The molecule has 5 nitrogen and oxygen atoms in total. The van der Waals surface area contributed by atoms with Crippen LogP contribution in [0.2, 0.25) is 0 Å². The van der Waals surface area contributed by atoms with Crippen LogP contribution >= 0.6 is 11.6 Å². The van der Waals surface area contributed by atoms with Gasteiger partial charge in [-0.15, -0.1) is 11.6 Å². The summed E-state index contributed by atoms with van der Waals surface area (Å²) in [4.78, 5) is 13.6. The molecule has 0 bridgehead atoms. The fourth-order valence-electron chi connectivity index (χ4n) is 1.94. The highest BCUT2D eigenvalue weighted by Gasteiger charge is 2.18. The molecule has 0 aliphatic heterocycles. The molecule has 0 amide bonds. The summed E-state index contributed by atoms with van der Waals surface area (Å²) in [6, 6.07) is 6.50. The number of alkyl halides is 1. The molecule has 0 aliphatic rings. The first-order valence-corrected chi connectivity index (χ1v) is 6.34. The Kier molecular flexibility index (Phi) is 4.09. The highest BCUT2D eigenvalue weighted by molar-refractivity contribution is 6.17. The van der Waals surface area contributed by atoms with E-state index in [1.807, 2.05) is 0 Å². The minimum absolute atomic E-state index is 0.0861. The van der Waals surface area contributed by atoms with Crippen molar-refractivity contribution >= 4 is 28.5 Å². The average molecular weight is 284 g/mol. The molecular formula is C13H14ClNO4. The Labute approximate surface area is 114 Å². The third-order valence-corrected chi connectivity index (χ3v) is 3.21. The van der Waals surface area contributed by atoms with E-state index in [0.29, 0.717) is 11.1 Å². The first-order valence-electron chi connectivity index (χ1n) is 5.81. The first kappa shape index (κ1) is 13.9. The van der Waals surface area contributed by atoms with Gasteiger partial charge in [0.2, 0.25) is 0 Å². The lowest BCUT2D eigenvalue weighted by molar-refractivity contribution is 0.0171. The molecule has 2 rings (SSSR count). The molecule has 0 aliphatic carbocycles. The molecule has 0 saturated carbocycles. The molecule has 102 valence electrons. The largest absolute Gasteiger partial charge is 0.477 e. The van der Waals surface area contributed by atoms with Crippen molar-refractivity contribution in [2.45, 2.75) is 18.6 Å². The van der Waals surface area contributed by atoms with Gasteiger partial charge in [0.25, 0.3) is 0 Å². The summed E-state index contributed by atoms with van der Waals surface area (Å²) in [7, 11) is 0. The molecule has 1 aromatic carbocycles. The van der Waals surface area contributed by atoms with Gasteiger partial charge in [-0.2, -0.15) is 0 Å². The first-order chi connectivity index (χ1) is 9.02. The number of hydrogen-bond acceptors (Lipinski definition) is 3. The molecule has 4 N–H and O–H groups in total. The molecule has 1 aromatic heterocycles. The van der Waals surface area contributed by atoms with Crippen molar-refractivity contribution in [3.05, 3.63) is 35.5 Å². The quantitative estimate of drug-likeness (QED) is 0.630. The second-order valence-corrected chi connectivity index (χ2v) is 4.70. The van der Waals surface area contributed by atoms with Gasteiger partial charge in [-0.25, -0.2) is 4.79 Å². The predicted molar refractivity (Wildman–Crippen MR) is 71.6 cm³/mol. The molecule has 0 spiro atoms. The lowest BCUT2D eigenvalue weighted by atomic mass is 10.0. The van der Waals surface area contributed by atoms with E-state index in [-0.39, 0.29) is 18.0 Å². The van der Waals surface area contributed by atoms with Crippen LogP contribution in [0, 0.1) is 0 Å². The van der Waals surface area contributed by atoms with E-state index < -0.39 is 18.2 Å². The van der Waals surface area contributed by atoms with E-state index in [0.717, 1.165) is 5.39 Å². The van der Waals surface area contributed by atoms with Gasteiger partial charge in [-0.3, -0.25) is 0 Å². The SMILES string of the molecule is O=C(O)c1cc2ccc(C(O)C(O)CCCl)cc2[nH]1. The molecule has 2 unspecified atom stereocenters. The normalized spacial score (nSPS) is 14.5. The van der Waals surface area contributed by atoms with Gasteiger partial charge < -0.3 is 20.3 Å². The van der Waals surface area contributed by atoms with Crippen molar-refractivity contribution in [3.8, 4) is 0 Å². The summed E-state index contributed by atoms with van der Waals surface area (Å²) in [6.07, 6.45) is -1.70. The Morgan fingerprint density at radius 3 is 2.68 bits per heavy atom. The van der Waals surface area contributed by atoms with Crippen LogP contribution in [0.3, 0.4) is 0 Å². The molecule has 0 saturated heterocycles. The summed E-state index contributed by atoms with van der Waals surface area (Å²) >= 11 is 5.52. The van der Waals surface area contributed by atoms with Gasteiger partial charge in [0.15, 0.2) is 0 Å². The number of carboxylic acids is 1. The van der Waals surface area contributed by atoms with Gasteiger partial charge in [-0.05, 0) is 24.1 Å². The number of aromatic carboxylic acids is 1. The number of fused-ring (bicyclic) bond motifs is 1. The number of carboxylic acid groups (broad SMARTS) is 1. The van der Waals surface area contributed by atoms with Crippen molar-refractivity contribution in [3.63, 3.8) is 0 Å². The third-order valence-electron chi connectivity index (χ3n) is 2.99. The molecular weight excluding hydrogens is 270 g/mol. The summed E-state index contributed by atoms with van der Waals surface area (Å²) in [5, 5.41) is 29.3. The van der Waals surface area contributed by atoms with Crippen molar-refractivity contribution in [1.29, 1.82) is 0 Å². The van der Waals surface area contributed by atoms with Crippen molar-refractivity contribution in [2.24, 2.45) is 0 Å². The fourth-order valence-corrected chi connectivity index (χ4v) is 2.16. The van der Waals surface area contributed by atoms with Crippen molar-refractivity contribution < 1.29 is 20.1 Å². The number of aliphatic hydroxyl groups excluding tert-OH is 2. The minimum Gasteiger partial charge on any atom is -0.477 e. The van der Waals surface area contributed by atoms with Crippen molar-refractivity contribution in [1.82, 2.24) is 4.98 Å². The summed E-state index contributed by atoms with van der Waals surface area (Å²) in [5.74, 6) is -0.785. The van der Waals surface area contributed by atoms with Gasteiger partial charge in [-0.1, -0.05) is 12.1 Å². The standard InChI is InChI=1S/C13H14ClNO4/c14-4-3-11(16)12(17)8-2-1-7-5-10(13(18)19)15-9(7)6-8/h1-2,5-6,11-12,15-17H,3-4H2,(H,18,19). The minimum atomic E-state index is -1.04. The molecule has 1 heterocycles. The number of nitrogens with one attached hydrogen (secondary N) is 1. The average Bonchev–Trinajstić information content (AvgIpc) is 2.81. The Morgan fingerprint density at radius 1 is 1.32 bits per heavy atom. The maximum atomic E-state index is 10.8. The molecule has 0 fully saturated rings. The van der Waals surface area contributed by atoms with Crippen LogP contribution in [0.4, 0.5) is 0 Å². The van der Waals surface area contributed by atoms with Crippen LogP contribution in [0.5, 0.6) is 0 Å². The molecule has 0 radical (unpaired) electrons. The van der Waals surface area contributed by atoms with E-state index in [2.05, 4.69) is 4.98 Å². The number of benzene rings is 1. The number of H-pyrrole nitrogens is 1. The van der Waals surface area contributed by atoms with Gasteiger partial charge >= 0.3 is 5.97 Å². The zero-order valence-corrected chi connectivity index (χ0v) is 10.8. The smallest absolute Gasteiger partial charge is 0.352 e. The highest BCUT2D eigenvalue weighted by atomic mass is 35.5. The second kappa shape index (κ2) is 5.61. The van der Waals surface area contributed by atoms with Crippen LogP contribution in [0.15, 0.2) is 24.3 Å². The second-order valence-electron chi connectivity index (χ2n) is 4.32. The topological polar surface area (TPSA) is 93.6 Å². The monoisotopic (exact) mass is 283 g/mol. The van der Waals surface area contributed by atoms with E-state index in [9.17, 15) is 15.0 Å². The number of aliphatic hydroxyl groups is 2. The van der Waals surface area contributed by atoms with E-state index in [4.69, 9.17) is 16.7 Å². The van der Waals surface area contributed by atoms with Crippen LogP contribution in [0.25, 0.3) is 10.9 Å². The van der Waals surface area contributed by atoms with E-state index >= 15 is 0 Å². The Bertz CT molecular complexity index is 595. The Balaban J connectivity index is 2.32. The van der Waals surface area contributed by atoms with Crippen LogP contribution in [0.1, 0.15) is 28.6 Å². The van der Waals surface area contributed by atoms with Gasteiger partial charge in [0.05, 0.1) is 6.10 Å². The zero-order chi connectivity index (χ0) is 14.0. The van der Waals surface area contributed by atoms with Gasteiger partial charge in [0, 0.05) is 16.8 Å². The maximum absolute atomic E-state index is 10.8. The van der Waals surface area contributed by atoms with Gasteiger partial charge in [0.1, 0.15) is 11.8 Å². The number of carbonyl (C=O) groups is 1. The fraction of sp³-hybridized carbons (Fsp3) is 0.308. The molecule has 2 atom stereocenters. The Hall–Kier alpha value is -1.56. The number of aromatic amines is 1. The molecule has 19 heavy (non-hydrogen) atoms. The highest BCUT2D eigenvalue weighted by Crippen LogP contribution is 2.24. The predicted octanol–water partition coefficient (Wildman–Crippen LogP) is 1.89. The van der Waals surface area contributed by atoms with Crippen LogP contribution in [-0.2, 0) is 0 Å². The number of aromatic nitrogens is 1. The number of rotatable bonds is 5. The van der Waals surface area contributed by atoms with E-state index in [1.54, 1.807) is 18.2 Å². The van der Waals surface area contributed by atoms with Crippen molar-refractivity contribution in [2.75, 3.05) is 5.88 Å². The van der Waals surface area contributed by atoms with Crippen LogP contribution < -0.4 is 0 Å². The summed E-state index contributed by atoms with van der Waals surface area (Å²) < 4.78 is 0. The number of hydrogen-bond donors (Lipinski definition) is 4. The lowest BCUT2D eigenvalue weighted by Gasteiger charge is -2.17. The summed E-state index contributed by atoms with van der Waals surface area (Å²) in [5.41, 5.74) is 1.21. The van der Waals surface area contributed by atoms with Crippen LogP contribution in [-0.4, -0.2) is 38.3 Å². The maximum Gasteiger partial charge on any atom is 0.352 e. The zero-order valence-electron chi connectivity index (χ0n) is 10.0.